The molecule has 0 unspecified atom stereocenters. The average molecular weight is 401 g/mol. The van der Waals surface area contributed by atoms with E-state index in [1.165, 1.54) is 6.07 Å². The van der Waals surface area contributed by atoms with Crippen LogP contribution in [0.2, 0.25) is 10.0 Å². The number of hydrogen-bond acceptors (Lipinski definition) is 3. The van der Waals surface area contributed by atoms with Gasteiger partial charge in [-0.2, -0.15) is 0 Å². The Kier molecular flexibility index (Phi) is 6.32. The van der Waals surface area contributed by atoms with Crippen LogP contribution in [0.15, 0.2) is 42.5 Å². The molecule has 0 saturated heterocycles. The van der Waals surface area contributed by atoms with E-state index in [4.69, 9.17) is 23.2 Å². The van der Waals surface area contributed by atoms with Crippen molar-refractivity contribution in [3.05, 3.63) is 63.6 Å². The van der Waals surface area contributed by atoms with Crippen molar-refractivity contribution in [3.8, 4) is 0 Å². The van der Waals surface area contributed by atoms with Gasteiger partial charge in [0, 0.05) is 24.3 Å². The highest BCUT2D eigenvalue weighted by Gasteiger charge is 2.16. The van der Waals surface area contributed by atoms with E-state index in [1.807, 2.05) is 13.0 Å². The zero-order valence-electron chi connectivity index (χ0n) is 13.8. The minimum atomic E-state index is -3.40. The first kappa shape index (κ1) is 19.6. The zero-order chi connectivity index (χ0) is 18.6. The first-order valence-corrected chi connectivity index (χ1v) is 10.2. The summed E-state index contributed by atoms with van der Waals surface area (Å²) in [5.41, 5.74) is 1.60. The molecule has 0 aromatic heterocycles. The van der Waals surface area contributed by atoms with E-state index in [2.05, 4.69) is 4.72 Å². The van der Waals surface area contributed by atoms with Gasteiger partial charge in [0.05, 0.1) is 16.3 Å². The number of carbonyl (C=O) groups is 1. The van der Waals surface area contributed by atoms with Gasteiger partial charge in [0.25, 0.3) is 5.91 Å². The minimum Gasteiger partial charge on any atom is -0.335 e. The Labute approximate surface area is 157 Å². The van der Waals surface area contributed by atoms with Gasteiger partial charge in [-0.15, -0.1) is 0 Å². The molecule has 0 bridgehead atoms. The van der Waals surface area contributed by atoms with Crippen LogP contribution in [0.4, 0.5) is 5.69 Å². The summed E-state index contributed by atoms with van der Waals surface area (Å²) in [7, 11) is -3.40. The topological polar surface area (TPSA) is 66.5 Å². The molecule has 0 saturated carbocycles. The van der Waals surface area contributed by atoms with Gasteiger partial charge in [0.15, 0.2) is 0 Å². The molecule has 0 fully saturated rings. The molecule has 2 aromatic rings. The summed E-state index contributed by atoms with van der Waals surface area (Å²) >= 11 is 11.9. The van der Waals surface area contributed by atoms with E-state index < -0.39 is 10.0 Å². The molecule has 2 aromatic carbocycles. The molecule has 25 heavy (non-hydrogen) atoms. The van der Waals surface area contributed by atoms with Crippen LogP contribution < -0.4 is 4.72 Å². The van der Waals surface area contributed by atoms with E-state index in [0.29, 0.717) is 34.4 Å². The second kappa shape index (κ2) is 8.08. The van der Waals surface area contributed by atoms with E-state index >= 15 is 0 Å². The first-order valence-electron chi connectivity index (χ1n) is 7.50. The maximum absolute atomic E-state index is 12.7. The highest BCUT2D eigenvalue weighted by Crippen LogP contribution is 2.24. The van der Waals surface area contributed by atoms with Gasteiger partial charge in [-0.05, 0) is 42.8 Å². The van der Waals surface area contributed by atoms with Crippen molar-refractivity contribution in [2.45, 2.75) is 13.5 Å². The Morgan fingerprint density at radius 2 is 1.84 bits per heavy atom. The predicted molar refractivity (Wildman–Crippen MR) is 102 cm³/mol. The molecule has 0 radical (unpaired) electrons. The summed E-state index contributed by atoms with van der Waals surface area (Å²) in [6.45, 7) is 2.73. The molecule has 0 aliphatic carbocycles. The monoisotopic (exact) mass is 400 g/mol. The number of nitrogens with one attached hydrogen (secondary N) is 1. The van der Waals surface area contributed by atoms with Gasteiger partial charge in [-0.25, -0.2) is 8.42 Å². The molecule has 134 valence electrons. The molecule has 0 aliphatic rings. The van der Waals surface area contributed by atoms with Gasteiger partial charge >= 0.3 is 0 Å². The largest absolute Gasteiger partial charge is 0.335 e. The van der Waals surface area contributed by atoms with Crippen molar-refractivity contribution in [1.82, 2.24) is 4.90 Å². The quantitative estimate of drug-likeness (QED) is 0.795. The van der Waals surface area contributed by atoms with Gasteiger partial charge in [0.1, 0.15) is 0 Å². The number of benzene rings is 2. The molecule has 5 nitrogen and oxygen atoms in total. The van der Waals surface area contributed by atoms with Crippen molar-refractivity contribution in [3.63, 3.8) is 0 Å². The molecular formula is C17H18Cl2N2O3S. The third-order valence-electron chi connectivity index (χ3n) is 3.44. The van der Waals surface area contributed by atoms with Crippen LogP contribution in [0.5, 0.6) is 0 Å². The van der Waals surface area contributed by atoms with Crippen molar-refractivity contribution in [1.29, 1.82) is 0 Å². The normalized spacial score (nSPS) is 11.2. The molecule has 0 spiro atoms. The first-order chi connectivity index (χ1) is 11.7. The number of rotatable bonds is 6. The summed E-state index contributed by atoms with van der Waals surface area (Å²) in [6, 6.07) is 11.6. The molecular weight excluding hydrogens is 383 g/mol. The smallest absolute Gasteiger partial charge is 0.254 e. The maximum Gasteiger partial charge on any atom is 0.254 e. The number of anilines is 1. The lowest BCUT2D eigenvalue weighted by Gasteiger charge is -2.21. The summed E-state index contributed by atoms with van der Waals surface area (Å²) in [5.74, 6) is -0.203. The van der Waals surface area contributed by atoms with Crippen LogP contribution in [0, 0.1) is 0 Å². The van der Waals surface area contributed by atoms with E-state index in [-0.39, 0.29) is 5.91 Å². The standard InChI is InChI=1S/C17H18Cl2N2O3S/c1-3-21(11-12-7-8-15(18)16(19)9-12)17(22)13-5-4-6-14(10-13)20-25(2,23)24/h4-10,20H,3,11H2,1-2H3. The van der Waals surface area contributed by atoms with E-state index in [0.717, 1.165) is 11.8 Å². The summed E-state index contributed by atoms with van der Waals surface area (Å²) in [6.07, 6.45) is 1.06. The van der Waals surface area contributed by atoms with Gasteiger partial charge < -0.3 is 4.90 Å². The van der Waals surface area contributed by atoms with Gasteiger partial charge in [-0.3, -0.25) is 9.52 Å². The Bertz CT molecular complexity index is 885. The Morgan fingerprint density at radius 3 is 2.44 bits per heavy atom. The third kappa shape index (κ3) is 5.63. The van der Waals surface area contributed by atoms with Crippen LogP contribution in [0.1, 0.15) is 22.8 Å². The van der Waals surface area contributed by atoms with Crippen molar-refractivity contribution in [2.24, 2.45) is 0 Å². The number of hydrogen-bond donors (Lipinski definition) is 1. The molecule has 0 atom stereocenters. The van der Waals surface area contributed by atoms with E-state index in [1.54, 1.807) is 35.2 Å². The van der Waals surface area contributed by atoms with Crippen LogP contribution >= 0.6 is 23.2 Å². The fourth-order valence-corrected chi connectivity index (χ4v) is 3.17. The number of amides is 1. The Hall–Kier alpha value is -1.76. The number of carbonyl (C=O) groups excluding carboxylic acids is 1. The SMILES string of the molecule is CCN(Cc1ccc(Cl)c(Cl)c1)C(=O)c1cccc(NS(C)(=O)=O)c1. The number of nitrogens with zero attached hydrogens (tertiary/aromatic N) is 1. The molecule has 1 N–H and O–H groups in total. The minimum absolute atomic E-state index is 0.203. The lowest BCUT2D eigenvalue weighted by Crippen LogP contribution is -2.30. The Balaban J connectivity index is 2.21. The Morgan fingerprint density at radius 1 is 1.12 bits per heavy atom. The van der Waals surface area contributed by atoms with Crippen LogP contribution in [-0.4, -0.2) is 32.0 Å². The lowest BCUT2D eigenvalue weighted by atomic mass is 10.1. The molecule has 0 heterocycles. The van der Waals surface area contributed by atoms with Crippen molar-refractivity contribution < 1.29 is 13.2 Å². The molecule has 2 rings (SSSR count). The molecule has 1 amide bonds. The lowest BCUT2D eigenvalue weighted by molar-refractivity contribution is 0.0752. The van der Waals surface area contributed by atoms with Crippen molar-refractivity contribution in [2.75, 3.05) is 17.5 Å². The van der Waals surface area contributed by atoms with Gasteiger partial charge in [-0.1, -0.05) is 35.3 Å². The predicted octanol–water partition coefficient (Wildman–Crippen LogP) is 4.03. The van der Waals surface area contributed by atoms with E-state index in [9.17, 15) is 13.2 Å². The number of halogens is 2. The maximum atomic E-state index is 12.7. The summed E-state index contributed by atoms with van der Waals surface area (Å²) in [5, 5.41) is 0.890. The highest BCUT2D eigenvalue weighted by atomic mass is 35.5. The fourth-order valence-electron chi connectivity index (χ4n) is 2.30. The van der Waals surface area contributed by atoms with Crippen LogP contribution in [0.3, 0.4) is 0 Å². The second-order valence-electron chi connectivity index (χ2n) is 5.52. The zero-order valence-corrected chi connectivity index (χ0v) is 16.1. The second-order valence-corrected chi connectivity index (χ2v) is 8.09. The van der Waals surface area contributed by atoms with Gasteiger partial charge in [0.2, 0.25) is 10.0 Å². The van der Waals surface area contributed by atoms with Crippen LogP contribution in [0.25, 0.3) is 0 Å². The molecule has 0 aliphatic heterocycles. The van der Waals surface area contributed by atoms with Crippen LogP contribution in [-0.2, 0) is 16.6 Å². The highest BCUT2D eigenvalue weighted by molar-refractivity contribution is 7.92. The number of sulfonamides is 1. The third-order valence-corrected chi connectivity index (χ3v) is 4.78. The summed E-state index contributed by atoms with van der Waals surface area (Å²) < 4.78 is 25.1. The average Bonchev–Trinajstić information content (AvgIpc) is 2.54. The molecule has 8 heteroatoms. The van der Waals surface area contributed by atoms with Crippen molar-refractivity contribution >= 4 is 44.8 Å². The summed E-state index contributed by atoms with van der Waals surface area (Å²) in [4.78, 5) is 14.4. The fraction of sp³-hybridized carbons (Fsp3) is 0.235.